The lowest BCUT2D eigenvalue weighted by Crippen LogP contribution is -1.62. The molecule has 0 spiro atoms. The minimum atomic E-state index is -0.253. The zero-order valence-corrected chi connectivity index (χ0v) is 10.4. The van der Waals surface area contributed by atoms with Gasteiger partial charge < -0.3 is 4.42 Å². The number of hydrogen-bond donors (Lipinski definition) is 0. The Labute approximate surface area is 99.7 Å². The van der Waals surface area contributed by atoms with E-state index in [4.69, 9.17) is 4.42 Å². The van der Waals surface area contributed by atoms with E-state index in [9.17, 15) is 0 Å². The number of aryl methyl sites for hydroxylation is 1. The van der Waals surface area contributed by atoms with Gasteiger partial charge in [-0.05, 0) is 12.7 Å². The molecule has 1 atom stereocenters. The van der Waals surface area contributed by atoms with Gasteiger partial charge in [0.05, 0.1) is 0 Å². The molecular formula is C15H11OP. The van der Waals surface area contributed by atoms with Crippen LogP contribution in [-0.2, 0) is 6.66 Å². The number of furan rings is 1. The lowest BCUT2D eigenvalue weighted by Gasteiger charge is -1.93. The molecule has 2 heteroatoms. The molecule has 82 valence electrons. The summed E-state index contributed by atoms with van der Waals surface area (Å²) in [6, 6.07) is 16.9. The molecule has 0 saturated carbocycles. The van der Waals surface area contributed by atoms with Crippen molar-refractivity contribution in [3.8, 4) is 0 Å². The standard InChI is InChI=1S/C15H11OP/c1-17-13-9-5-3-7-11(13)14-15(17)10-6-2-4-8-12(10)16-14/h2-9H,1H3. The third kappa shape index (κ3) is 1.10. The maximum absolute atomic E-state index is 6.02. The highest BCUT2D eigenvalue weighted by molar-refractivity contribution is 7.60. The van der Waals surface area contributed by atoms with Crippen LogP contribution in [-0.4, -0.2) is 0 Å². The first-order chi connectivity index (χ1) is 8.36. The van der Waals surface area contributed by atoms with Crippen LogP contribution in [0.1, 0.15) is 0 Å². The third-order valence-electron chi connectivity index (χ3n) is 3.41. The summed E-state index contributed by atoms with van der Waals surface area (Å²) in [5.74, 6) is 0. The summed E-state index contributed by atoms with van der Waals surface area (Å²) in [6.07, 6.45) is 0. The lowest BCUT2D eigenvalue weighted by molar-refractivity contribution is 0.673. The second-order valence-electron chi connectivity index (χ2n) is 4.35. The number of rotatable bonds is 0. The van der Waals surface area contributed by atoms with Crippen molar-refractivity contribution in [1.82, 2.24) is 0 Å². The van der Waals surface area contributed by atoms with Crippen molar-refractivity contribution in [3.05, 3.63) is 48.5 Å². The van der Waals surface area contributed by atoms with Gasteiger partial charge in [0.1, 0.15) is 11.2 Å². The Morgan fingerprint density at radius 2 is 1.59 bits per heavy atom. The van der Waals surface area contributed by atoms with Gasteiger partial charge in [-0.25, -0.2) is 0 Å². The molecule has 0 fully saturated rings. The van der Waals surface area contributed by atoms with Crippen LogP contribution < -0.4 is 0 Å². The van der Waals surface area contributed by atoms with E-state index in [2.05, 4.69) is 49.1 Å². The number of benzene rings is 2. The van der Waals surface area contributed by atoms with Crippen LogP contribution in [0.15, 0.2) is 52.9 Å². The minimum Gasteiger partial charge on any atom is -0.455 e. The van der Waals surface area contributed by atoms with E-state index in [1.54, 1.807) is 0 Å². The van der Waals surface area contributed by atoms with E-state index >= 15 is 0 Å². The molecule has 1 nitrogen and oxygen atoms in total. The van der Waals surface area contributed by atoms with Gasteiger partial charge in [-0.15, -0.1) is 7.53 Å². The van der Waals surface area contributed by atoms with Crippen molar-refractivity contribution in [2.75, 3.05) is 0 Å². The molecule has 2 aromatic heterocycles. The fourth-order valence-electron chi connectivity index (χ4n) is 2.63. The van der Waals surface area contributed by atoms with Crippen LogP contribution in [0.3, 0.4) is 0 Å². The van der Waals surface area contributed by atoms with Crippen molar-refractivity contribution < 1.29 is 4.42 Å². The van der Waals surface area contributed by atoms with E-state index in [0.29, 0.717) is 0 Å². The maximum atomic E-state index is 6.02. The predicted molar refractivity (Wildman–Crippen MR) is 74.9 cm³/mol. The van der Waals surface area contributed by atoms with Crippen molar-refractivity contribution in [3.63, 3.8) is 0 Å². The fraction of sp³-hybridized carbons (Fsp3) is 0.0667. The Hall–Kier alpha value is -1.72. The van der Waals surface area contributed by atoms with Crippen LogP contribution in [0, 0.1) is 0 Å². The van der Waals surface area contributed by atoms with Crippen LogP contribution >= 0.6 is 7.53 Å². The van der Waals surface area contributed by atoms with Crippen LogP contribution in [0.2, 0.25) is 0 Å². The van der Waals surface area contributed by atoms with E-state index in [1.165, 1.54) is 21.0 Å². The Morgan fingerprint density at radius 3 is 2.47 bits per heavy atom. The quantitative estimate of drug-likeness (QED) is 0.407. The van der Waals surface area contributed by atoms with Gasteiger partial charge in [-0.1, -0.05) is 42.5 Å². The second kappa shape index (κ2) is 3.15. The van der Waals surface area contributed by atoms with Crippen LogP contribution in [0.4, 0.5) is 0 Å². The highest BCUT2D eigenvalue weighted by atomic mass is 31.1. The molecule has 0 saturated heterocycles. The van der Waals surface area contributed by atoms with Gasteiger partial charge in [0.15, 0.2) is 0 Å². The Balaban J connectivity index is 2.40. The average molecular weight is 238 g/mol. The third-order valence-corrected chi connectivity index (χ3v) is 5.64. The molecule has 0 aliphatic rings. The van der Waals surface area contributed by atoms with Gasteiger partial charge in [0.25, 0.3) is 0 Å². The zero-order valence-electron chi connectivity index (χ0n) is 9.47. The van der Waals surface area contributed by atoms with E-state index < -0.39 is 0 Å². The fourth-order valence-corrected chi connectivity index (χ4v) is 4.73. The Bertz CT molecular complexity index is 845. The van der Waals surface area contributed by atoms with Gasteiger partial charge in [0, 0.05) is 21.0 Å². The van der Waals surface area contributed by atoms with Crippen LogP contribution in [0.5, 0.6) is 0 Å². The second-order valence-corrected chi connectivity index (χ2v) is 6.40. The number of fused-ring (bicyclic) bond motifs is 5. The highest BCUT2D eigenvalue weighted by Crippen LogP contribution is 2.50. The van der Waals surface area contributed by atoms with Gasteiger partial charge in [0.2, 0.25) is 0 Å². The lowest BCUT2D eigenvalue weighted by atomic mass is 10.2. The molecular weight excluding hydrogens is 227 g/mol. The normalized spacial score (nSPS) is 12.9. The monoisotopic (exact) mass is 238 g/mol. The Morgan fingerprint density at radius 1 is 0.882 bits per heavy atom. The molecule has 0 bridgehead atoms. The summed E-state index contributed by atoms with van der Waals surface area (Å²) >= 11 is 0. The first-order valence-electron chi connectivity index (χ1n) is 5.71. The van der Waals surface area contributed by atoms with E-state index in [-0.39, 0.29) is 7.53 Å². The molecule has 4 aromatic rings. The number of hydrogen-bond acceptors (Lipinski definition) is 1. The summed E-state index contributed by atoms with van der Waals surface area (Å²) in [5.41, 5.74) is 2.11. The van der Waals surface area contributed by atoms with E-state index in [1.807, 2.05) is 6.07 Å². The predicted octanol–water partition coefficient (Wildman–Crippen LogP) is 5.26. The number of para-hydroxylation sites is 1. The molecule has 17 heavy (non-hydrogen) atoms. The van der Waals surface area contributed by atoms with Crippen molar-refractivity contribution in [2.24, 2.45) is 6.66 Å². The molecule has 1 unspecified atom stereocenters. The van der Waals surface area contributed by atoms with Gasteiger partial charge in [-0.2, -0.15) is 0 Å². The van der Waals surface area contributed by atoms with Gasteiger partial charge >= 0.3 is 0 Å². The summed E-state index contributed by atoms with van der Waals surface area (Å²) in [7, 11) is -0.253. The van der Waals surface area contributed by atoms with Crippen molar-refractivity contribution in [2.45, 2.75) is 0 Å². The molecule has 0 aliphatic heterocycles. The molecule has 2 aromatic carbocycles. The summed E-state index contributed by atoms with van der Waals surface area (Å²) < 4.78 is 6.02. The first kappa shape index (κ1) is 9.32. The molecule has 0 radical (unpaired) electrons. The molecule has 4 rings (SSSR count). The molecule has 0 amide bonds. The van der Waals surface area contributed by atoms with E-state index in [0.717, 1.165) is 11.2 Å². The minimum absolute atomic E-state index is 0.253. The molecule has 2 heterocycles. The molecule has 0 N–H and O–H groups in total. The van der Waals surface area contributed by atoms with Crippen molar-refractivity contribution >= 4 is 39.7 Å². The largest absolute Gasteiger partial charge is 0.455 e. The SMILES string of the molecule is Cp1c2ccccc2c2oc3ccccc3c21. The first-order valence-corrected chi connectivity index (χ1v) is 7.50. The molecule has 0 aliphatic carbocycles. The smallest absolute Gasteiger partial charge is 0.147 e. The maximum Gasteiger partial charge on any atom is 0.147 e. The topological polar surface area (TPSA) is 13.1 Å². The zero-order chi connectivity index (χ0) is 11.4. The average Bonchev–Trinajstić information content (AvgIpc) is 2.88. The highest BCUT2D eigenvalue weighted by Gasteiger charge is 2.15. The van der Waals surface area contributed by atoms with Crippen molar-refractivity contribution in [1.29, 1.82) is 0 Å². The summed E-state index contributed by atoms with van der Waals surface area (Å²) in [5, 5.41) is 5.43. The van der Waals surface area contributed by atoms with Crippen LogP contribution in [0.25, 0.3) is 32.2 Å². The van der Waals surface area contributed by atoms with Gasteiger partial charge in [-0.3, -0.25) is 0 Å². The summed E-state index contributed by atoms with van der Waals surface area (Å²) in [6.45, 7) is 2.32. The summed E-state index contributed by atoms with van der Waals surface area (Å²) in [4.78, 5) is 0. The Kier molecular flexibility index (Phi) is 1.73.